The lowest BCUT2D eigenvalue weighted by molar-refractivity contribution is 0.0950. The van der Waals surface area contributed by atoms with Crippen molar-refractivity contribution in [1.29, 1.82) is 0 Å². The SMILES string of the molecule is CCn1c(=O)oc2ccc(C(=O)NCc3ccccn3)cc21. The maximum absolute atomic E-state index is 12.2. The maximum Gasteiger partial charge on any atom is 0.419 e. The molecular formula is C16H15N3O3. The van der Waals surface area contributed by atoms with Gasteiger partial charge in [-0.15, -0.1) is 0 Å². The number of oxazole rings is 1. The number of rotatable bonds is 4. The Morgan fingerprint density at radius 1 is 1.32 bits per heavy atom. The maximum atomic E-state index is 12.2. The van der Waals surface area contributed by atoms with Crippen molar-refractivity contribution in [3.05, 3.63) is 64.4 Å². The van der Waals surface area contributed by atoms with Gasteiger partial charge in [0.2, 0.25) is 0 Å². The molecule has 22 heavy (non-hydrogen) atoms. The first-order valence-electron chi connectivity index (χ1n) is 7.00. The number of carbonyl (C=O) groups excluding carboxylic acids is 1. The van der Waals surface area contributed by atoms with Crippen LogP contribution in [0.1, 0.15) is 23.0 Å². The number of aryl methyl sites for hydroxylation is 1. The third kappa shape index (κ3) is 2.63. The second kappa shape index (κ2) is 5.85. The van der Waals surface area contributed by atoms with Crippen LogP contribution < -0.4 is 11.1 Å². The predicted octanol–water partition coefficient (Wildman–Crippen LogP) is 1.94. The molecule has 0 bridgehead atoms. The zero-order valence-electron chi connectivity index (χ0n) is 12.1. The first-order chi connectivity index (χ1) is 10.7. The van der Waals surface area contributed by atoms with Crippen LogP contribution in [0.5, 0.6) is 0 Å². The van der Waals surface area contributed by atoms with E-state index in [-0.39, 0.29) is 5.91 Å². The lowest BCUT2D eigenvalue weighted by Gasteiger charge is -2.05. The fourth-order valence-corrected chi connectivity index (χ4v) is 2.28. The molecular weight excluding hydrogens is 282 g/mol. The number of carbonyl (C=O) groups is 1. The highest BCUT2D eigenvalue weighted by molar-refractivity contribution is 5.97. The van der Waals surface area contributed by atoms with E-state index in [1.165, 1.54) is 4.57 Å². The van der Waals surface area contributed by atoms with Crippen molar-refractivity contribution in [2.24, 2.45) is 0 Å². The number of hydrogen-bond acceptors (Lipinski definition) is 4. The minimum absolute atomic E-state index is 0.219. The average molecular weight is 297 g/mol. The minimum Gasteiger partial charge on any atom is -0.408 e. The smallest absolute Gasteiger partial charge is 0.408 e. The van der Waals surface area contributed by atoms with E-state index in [9.17, 15) is 9.59 Å². The molecule has 0 aliphatic heterocycles. The summed E-state index contributed by atoms with van der Waals surface area (Å²) in [6.07, 6.45) is 1.68. The molecule has 1 amide bonds. The van der Waals surface area contributed by atoms with Gasteiger partial charge in [-0.2, -0.15) is 0 Å². The Morgan fingerprint density at radius 3 is 2.91 bits per heavy atom. The van der Waals surface area contributed by atoms with Crippen molar-refractivity contribution in [1.82, 2.24) is 14.9 Å². The van der Waals surface area contributed by atoms with Gasteiger partial charge in [0.05, 0.1) is 17.8 Å². The topological polar surface area (TPSA) is 77.1 Å². The first-order valence-corrected chi connectivity index (χ1v) is 7.00. The summed E-state index contributed by atoms with van der Waals surface area (Å²) in [7, 11) is 0. The van der Waals surface area contributed by atoms with Crippen LogP contribution in [0, 0.1) is 0 Å². The lowest BCUT2D eigenvalue weighted by atomic mass is 10.2. The number of nitrogens with zero attached hydrogens (tertiary/aromatic N) is 2. The van der Waals surface area contributed by atoms with Crippen LogP contribution in [0.3, 0.4) is 0 Å². The number of fused-ring (bicyclic) bond motifs is 1. The lowest BCUT2D eigenvalue weighted by Crippen LogP contribution is -2.23. The molecule has 6 heteroatoms. The largest absolute Gasteiger partial charge is 0.419 e. The van der Waals surface area contributed by atoms with E-state index in [1.807, 2.05) is 25.1 Å². The molecule has 0 spiro atoms. The van der Waals surface area contributed by atoms with Crippen molar-refractivity contribution >= 4 is 17.0 Å². The van der Waals surface area contributed by atoms with Gasteiger partial charge in [0.1, 0.15) is 0 Å². The third-order valence-electron chi connectivity index (χ3n) is 3.40. The quantitative estimate of drug-likeness (QED) is 0.798. The predicted molar refractivity (Wildman–Crippen MR) is 81.6 cm³/mol. The summed E-state index contributed by atoms with van der Waals surface area (Å²) in [6, 6.07) is 10.5. The van der Waals surface area contributed by atoms with Crippen molar-refractivity contribution in [3.8, 4) is 0 Å². The van der Waals surface area contributed by atoms with Gasteiger partial charge in [-0.05, 0) is 37.3 Å². The number of benzene rings is 1. The molecule has 1 aromatic carbocycles. The highest BCUT2D eigenvalue weighted by atomic mass is 16.4. The molecule has 0 unspecified atom stereocenters. The molecule has 3 rings (SSSR count). The molecule has 112 valence electrons. The van der Waals surface area contributed by atoms with Gasteiger partial charge in [-0.25, -0.2) is 4.79 Å². The van der Waals surface area contributed by atoms with E-state index in [4.69, 9.17) is 4.42 Å². The highest BCUT2D eigenvalue weighted by Gasteiger charge is 2.12. The molecule has 0 atom stereocenters. The summed E-state index contributed by atoms with van der Waals surface area (Å²) >= 11 is 0. The molecule has 0 aliphatic carbocycles. The summed E-state index contributed by atoms with van der Waals surface area (Å²) in [5.74, 6) is -0.632. The van der Waals surface area contributed by atoms with Crippen molar-refractivity contribution in [3.63, 3.8) is 0 Å². The third-order valence-corrected chi connectivity index (χ3v) is 3.40. The Balaban J connectivity index is 1.83. The van der Waals surface area contributed by atoms with Crippen LogP contribution in [0.2, 0.25) is 0 Å². The molecule has 2 aromatic heterocycles. The molecule has 0 saturated heterocycles. The molecule has 0 aliphatic rings. The molecule has 0 saturated carbocycles. The Hall–Kier alpha value is -2.89. The van der Waals surface area contributed by atoms with Crippen LogP contribution in [-0.4, -0.2) is 15.5 Å². The summed E-state index contributed by atoms with van der Waals surface area (Å²) in [5.41, 5.74) is 2.36. The van der Waals surface area contributed by atoms with Crippen LogP contribution >= 0.6 is 0 Å². The fraction of sp³-hybridized carbons (Fsp3) is 0.188. The Bertz CT molecular complexity index is 865. The highest BCUT2D eigenvalue weighted by Crippen LogP contribution is 2.15. The average Bonchev–Trinajstić information content (AvgIpc) is 2.87. The monoisotopic (exact) mass is 297 g/mol. The molecule has 0 fully saturated rings. The molecule has 2 heterocycles. The van der Waals surface area contributed by atoms with E-state index in [2.05, 4.69) is 10.3 Å². The van der Waals surface area contributed by atoms with Gasteiger partial charge in [-0.1, -0.05) is 6.07 Å². The number of aromatic nitrogens is 2. The van der Waals surface area contributed by atoms with Crippen LogP contribution in [0.4, 0.5) is 0 Å². The molecule has 0 radical (unpaired) electrons. The standard InChI is InChI=1S/C16H15N3O3/c1-2-19-13-9-11(6-7-14(13)22-16(19)21)15(20)18-10-12-5-3-4-8-17-12/h3-9H,2,10H2,1H3,(H,18,20). The van der Waals surface area contributed by atoms with E-state index in [0.29, 0.717) is 29.8 Å². The van der Waals surface area contributed by atoms with Gasteiger partial charge >= 0.3 is 5.76 Å². The van der Waals surface area contributed by atoms with Gasteiger partial charge in [0, 0.05) is 18.3 Å². The number of nitrogens with one attached hydrogen (secondary N) is 1. The normalized spacial score (nSPS) is 10.8. The fourth-order valence-electron chi connectivity index (χ4n) is 2.28. The zero-order chi connectivity index (χ0) is 15.5. The van der Waals surface area contributed by atoms with Gasteiger partial charge in [-0.3, -0.25) is 14.3 Å². The summed E-state index contributed by atoms with van der Waals surface area (Å²) in [5, 5.41) is 2.80. The number of hydrogen-bond donors (Lipinski definition) is 1. The van der Waals surface area contributed by atoms with Crippen LogP contribution in [-0.2, 0) is 13.1 Å². The minimum atomic E-state index is -0.413. The summed E-state index contributed by atoms with van der Waals surface area (Å²) in [6.45, 7) is 2.69. The van der Waals surface area contributed by atoms with E-state index in [1.54, 1.807) is 24.4 Å². The van der Waals surface area contributed by atoms with Crippen molar-refractivity contribution in [2.45, 2.75) is 20.0 Å². The van der Waals surface area contributed by atoms with E-state index >= 15 is 0 Å². The van der Waals surface area contributed by atoms with E-state index < -0.39 is 5.76 Å². The zero-order valence-corrected chi connectivity index (χ0v) is 12.1. The van der Waals surface area contributed by atoms with Gasteiger partial charge in [0.15, 0.2) is 5.58 Å². The van der Waals surface area contributed by atoms with Crippen molar-refractivity contribution in [2.75, 3.05) is 0 Å². The summed E-state index contributed by atoms with van der Waals surface area (Å²) < 4.78 is 6.61. The van der Waals surface area contributed by atoms with Crippen LogP contribution in [0.25, 0.3) is 11.1 Å². The second-order valence-electron chi connectivity index (χ2n) is 4.80. The molecule has 3 aromatic rings. The Morgan fingerprint density at radius 2 is 2.18 bits per heavy atom. The second-order valence-corrected chi connectivity index (χ2v) is 4.80. The number of pyridine rings is 1. The molecule has 1 N–H and O–H groups in total. The summed E-state index contributed by atoms with van der Waals surface area (Å²) in [4.78, 5) is 28.0. The van der Waals surface area contributed by atoms with Gasteiger partial charge < -0.3 is 9.73 Å². The number of amides is 1. The van der Waals surface area contributed by atoms with Gasteiger partial charge in [0.25, 0.3) is 5.91 Å². The van der Waals surface area contributed by atoms with Crippen LogP contribution in [0.15, 0.2) is 51.8 Å². The first kappa shape index (κ1) is 14.1. The Labute approximate surface area is 126 Å². The Kier molecular flexibility index (Phi) is 3.74. The van der Waals surface area contributed by atoms with Crippen molar-refractivity contribution < 1.29 is 9.21 Å². The molecule has 6 nitrogen and oxygen atoms in total. The van der Waals surface area contributed by atoms with E-state index in [0.717, 1.165) is 5.69 Å².